The maximum absolute atomic E-state index is 12.1. The SMILES string of the molecule is CCC(CC#N)NS(=O)(=O)c1scnc1C(=O)OC. The summed E-state index contributed by atoms with van der Waals surface area (Å²) >= 11 is 0.825. The molecule has 0 aliphatic rings. The van der Waals surface area contributed by atoms with Crippen LogP contribution in [0.15, 0.2) is 9.72 Å². The molecule has 0 aliphatic heterocycles. The van der Waals surface area contributed by atoms with Crippen molar-refractivity contribution in [1.82, 2.24) is 9.71 Å². The molecule has 9 heteroatoms. The van der Waals surface area contributed by atoms with Gasteiger partial charge in [0.1, 0.15) is 0 Å². The Labute approximate surface area is 115 Å². The molecule has 0 bridgehead atoms. The van der Waals surface area contributed by atoms with E-state index >= 15 is 0 Å². The van der Waals surface area contributed by atoms with E-state index < -0.39 is 22.0 Å². The Morgan fingerprint density at radius 3 is 2.89 bits per heavy atom. The normalized spacial score (nSPS) is 12.7. The molecule has 0 aromatic carbocycles. The van der Waals surface area contributed by atoms with Gasteiger partial charge in [-0.15, -0.1) is 11.3 Å². The van der Waals surface area contributed by atoms with Crippen molar-refractivity contribution in [3.8, 4) is 6.07 Å². The molecule has 7 nitrogen and oxygen atoms in total. The summed E-state index contributed by atoms with van der Waals surface area (Å²) in [5.41, 5.74) is 1.01. The van der Waals surface area contributed by atoms with Gasteiger partial charge in [0.2, 0.25) is 0 Å². The number of rotatable bonds is 6. The second kappa shape index (κ2) is 6.60. The fourth-order valence-electron chi connectivity index (χ4n) is 1.31. The molecule has 1 aromatic heterocycles. The molecule has 0 fully saturated rings. The number of methoxy groups -OCH3 is 1. The second-order valence-electron chi connectivity index (χ2n) is 3.57. The molecule has 19 heavy (non-hydrogen) atoms. The van der Waals surface area contributed by atoms with E-state index in [9.17, 15) is 13.2 Å². The average molecular weight is 303 g/mol. The van der Waals surface area contributed by atoms with Crippen molar-refractivity contribution < 1.29 is 17.9 Å². The number of esters is 1. The van der Waals surface area contributed by atoms with Crippen LogP contribution in [0.1, 0.15) is 30.3 Å². The first-order valence-electron chi connectivity index (χ1n) is 5.37. The summed E-state index contributed by atoms with van der Waals surface area (Å²) < 4.78 is 30.9. The first kappa shape index (κ1) is 15.6. The van der Waals surface area contributed by atoms with Crippen molar-refractivity contribution in [2.45, 2.75) is 30.0 Å². The van der Waals surface area contributed by atoms with E-state index in [1.807, 2.05) is 6.07 Å². The molecule has 1 heterocycles. The molecule has 0 radical (unpaired) electrons. The number of aromatic nitrogens is 1. The third-order valence-corrected chi connectivity index (χ3v) is 5.20. The Balaban J connectivity index is 3.05. The zero-order valence-corrected chi connectivity index (χ0v) is 12.0. The summed E-state index contributed by atoms with van der Waals surface area (Å²) in [6.07, 6.45) is 0.529. The van der Waals surface area contributed by atoms with Crippen molar-refractivity contribution in [3.05, 3.63) is 11.2 Å². The van der Waals surface area contributed by atoms with Crippen molar-refractivity contribution in [2.75, 3.05) is 7.11 Å². The van der Waals surface area contributed by atoms with Crippen molar-refractivity contribution in [2.24, 2.45) is 0 Å². The molecule has 0 saturated heterocycles. The lowest BCUT2D eigenvalue weighted by molar-refractivity contribution is 0.0590. The lowest BCUT2D eigenvalue weighted by Crippen LogP contribution is -2.34. The Kier molecular flexibility index (Phi) is 5.41. The molecule has 0 aliphatic carbocycles. The van der Waals surface area contributed by atoms with E-state index in [1.54, 1.807) is 6.92 Å². The number of carbonyl (C=O) groups is 1. The van der Waals surface area contributed by atoms with Gasteiger partial charge >= 0.3 is 5.97 Å². The van der Waals surface area contributed by atoms with Crippen LogP contribution in [-0.2, 0) is 14.8 Å². The van der Waals surface area contributed by atoms with Gasteiger partial charge in [-0.25, -0.2) is 22.9 Å². The summed E-state index contributed by atoms with van der Waals surface area (Å²) in [5.74, 6) is -0.810. The van der Waals surface area contributed by atoms with Crippen LogP contribution in [-0.4, -0.2) is 32.5 Å². The topological polar surface area (TPSA) is 109 Å². The standard InChI is InChI=1S/C10H13N3O4S2/c1-3-7(4-5-11)13-19(15,16)10-8(9(14)17-2)12-6-18-10/h6-7,13H,3-4H2,1-2H3. The van der Waals surface area contributed by atoms with E-state index in [4.69, 9.17) is 5.26 Å². The number of nitrogens with one attached hydrogen (secondary N) is 1. The van der Waals surface area contributed by atoms with Crippen LogP contribution in [0.4, 0.5) is 0 Å². The van der Waals surface area contributed by atoms with Crippen LogP contribution < -0.4 is 4.72 Å². The minimum absolute atomic E-state index is 0.0576. The summed E-state index contributed by atoms with van der Waals surface area (Å²) in [6, 6.07) is 1.41. The van der Waals surface area contributed by atoms with E-state index in [1.165, 1.54) is 5.51 Å². The Morgan fingerprint density at radius 1 is 1.68 bits per heavy atom. The number of ether oxygens (including phenoxy) is 1. The third kappa shape index (κ3) is 3.73. The summed E-state index contributed by atoms with van der Waals surface area (Å²) in [4.78, 5) is 15.1. The molecule has 1 unspecified atom stereocenters. The first-order chi connectivity index (χ1) is 8.96. The molecule has 1 N–H and O–H groups in total. The largest absolute Gasteiger partial charge is 0.464 e. The highest BCUT2D eigenvalue weighted by Crippen LogP contribution is 2.21. The van der Waals surface area contributed by atoms with Gasteiger partial charge in [-0.1, -0.05) is 6.92 Å². The lowest BCUT2D eigenvalue weighted by Gasteiger charge is -2.13. The van der Waals surface area contributed by atoms with E-state index in [0.29, 0.717) is 6.42 Å². The fraction of sp³-hybridized carbons (Fsp3) is 0.500. The minimum Gasteiger partial charge on any atom is -0.464 e. The van der Waals surface area contributed by atoms with Crippen LogP contribution in [0.3, 0.4) is 0 Å². The van der Waals surface area contributed by atoms with Crippen molar-refractivity contribution in [3.63, 3.8) is 0 Å². The molecule has 0 saturated carbocycles. The van der Waals surface area contributed by atoms with Crippen LogP contribution in [0, 0.1) is 11.3 Å². The highest BCUT2D eigenvalue weighted by Gasteiger charge is 2.28. The van der Waals surface area contributed by atoms with Crippen LogP contribution >= 0.6 is 11.3 Å². The zero-order chi connectivity index (χ0) is 14.5. The quantitative estimate of drug-likeness (QED) is 0.782. The van der Waals surface area contributed by atoms with E-state index in [2.05, 4.69) is 14.4 Å². The van der Waals surface area contributed by atoms with Crippen LogP contribution in [0.2, 0.25) is 0 Å². The van der Waals surface area contributed by atoms with Gasteiger partial charge in [-0.3, -0.25) is 0 Å². The van der Waals surface area contributed by atoms with Crippen molar-refractivity contribution >= 4 is 27.3 Å². The number of carbonyl (C=O) groups excluding carboxylic acids is 1. The lowest BCUT2D eigenvalue weighted by atomic mass is 10.2. The van der Waals surface area contributed by atoms with E-state index in [0.717, 1.165) is 18.4 Å². The van der Waals surface area contributed by atoms with Gasteiger partial charge in [0.05, 0.1) is 25.1 Å². The summed E-state index contributed by atoms with van der Waals surface area (Å²) in [6.45, 7) is 1.76. The molecule has 1 aromatic rings. The predicted octanol–water partition coefficient (Wildman–Crippen LogP) is 0.900. The molecule has 1 atom stereocenters. The smallest absolute Gasteiger partial charge is 0.358 e. The molecule has 104 valence electrons. The molecular formula is C10H13N3O4S2. The van der Waals surface area contributed by atoms with Crippen molar-refractivity contribution in [1.29, 1.82) is 5.26 Å². The monoisotopic (exact) mass is 303 g/mol. The maximum atomic E-state index is 12.1. The number of sulfonamides is 1. The molecule has 1 rings (SSSR count). The summed E-state index contributed by atoms with van der Waals surface area (Å²) in [7, 11) is -2.73. The highest BCUT2D eigenvalue weighted by molar-refractivity contribution is 7.91. The molecular weight excluding hydrogens is 290 g/mol. The average Bonchev–Trinajstić information content (AvgIpc) is 2.87. The maximum Gasteiger partial charge on any atom is 0.358 e. The van der Waals surface area contributed by atoms with Gasteiger partial charge in [0.25, 0.3) is 10.0 Å². The second-order valence-corrected chi connectivity index (χ2v) is 6.33. The highest BCUT2D eigenvalue weighted by atomic mass is 32.2. The van der Waals surface area contributed by atoms with Gasteiger partial charge in [-0.2, -0.15) is 5.26 Å². The number of hydrogen-bond acceptors (Lipinski definition) is 7. The van der Waals surface area contributed by atoms with Crippen LogP contribution in [0.5, 0.6) is 0 Å². The Bertz CT molecular complexity index is 588. The Hall–Kier alpha value is -1.50. The molecule has 0 amide bonds. The Morgan fingerprint density at radius 2 is 2.37 bits per heavy atom. The number of hydrogen-bond donors (Lipinski definition) is 1. The van der Waals surface area contributed by atoms with E-state index in [-0.39, 0.29) is 16.3 Å². The number of nitrogens with zero attached hydrogens (tertiary/aromatic N) is 2. The van der Waals surface area contributed by atoms with Gasteiger partial charge in [-0.05, 0) is 6.42 Å². The predicted molar refractivity (Wildman–Crippen MR) is 68.1 cm³/mol. The van der Waals surface area contributed by atoms with Gasteiger partial charge in [0, 0.05) is 6.04 Å². The first-order valence-corrected chi connectivity index (χ1v) is 7.73. The third-order valence-electron chi connectivity index (χ3n) is 2.31. The van der Waals surface area contributed by atoms with Gasteiger partial charge < -0.3 is 4.74 Å². The number of nitriles is 1. The minimum atomic E-state index is -3.88. The van der Waals surface area contributed by atoms with Gasteiger partial charge in [0.15, 0.2) is 9.90 Å². The number of thiazole rings is 1. The van der Waals surface area contributed by atoms with Crippen LogP contribution in [0.25, 0.3) is 0 Å². The molecule has 0 spiro atoms. The summed E-state index contributed by atoms with van der Waals surface area (Å²) in [5, 5.41) is 8.61. The fourth-order valence-corrected chi connectivity index (χ4v) is 3.78. The zero-order valence-electron chi connectivity index (χ0n) is 10.4.